The predicted octanol–water partition coefficient (Wildman–Crippen LogP) is 2.40. The van der Waals surface area contributed by atoms with Gasteiger partial charge in [0.1, 0.15) is 23.8 Å². The fraction of sp³-hybridized carbons (Fsp3) is 0.704. The number of carbonyl (C=O) groups is 4. The Morgan fingerprint density at radius 1 is 1.00 bits per heavy atom. The summed E-state index contributed by atoms with van der Waals surface area (Å²) in [5, 5.41) is 15.8. The van der Waals surface area contributed by atoms with Gasteiger partial charge in [-0.15, -0.1) is 0 Å². The first kappa shape index (κ1) is 27.0. The molecule has 3 amide bonds. The maximum atomic E-state index is 13.9. The first-order valence-corrected chi connectivity index (χ1v) is 13.5. The molecule has 2 heterocycles. The fourth-order valence-corrected chi connectivity index (χ4v) is 6.39. The Morgan fingerprint density at radius 3 is 2.35 bits per heavy atom. The van der Waals surface area contributed by atoms with Crippen molar-refractivity contribution in [1.82, 2.24) is 25.5 Å². The largest absolute Gasteiger partial charge is 0.480 e. The molecule has 10 nitrogen and oxygen atoms in total. The quantitative estimate of drug-likeness (QED) is 0.508. The van der Waals surface area contributed by atoms with Gasteiger partial charge in [0.05, 0.1) is 6.20 Å². The SMILES string of the molecule is CC(C)(C)[C@H](NC(=O)[C@@H](NC(=O)c1cnccn1)C1CCCCC1)C(=O)N1C[C@H]2CCCC2[C@H]1C(=O)O. The Morgan fingerprint density at radius 2 is 1.73 bits per heavy atom. The molecule has 1 aromatic heterocycles. The Kier molecular flexibility index (Phi) is 8.14. The van der Waals surface area contributed by atoms with E-state index in [0.717, 1.165) is 51.4 Å². The Hall–Kier alpha value is -3.04. The van der Waals surface area contributed by atoms with Crippen LogP contribution in [-0.2, 0) is 14.4 Å². The Bertz CT molecular complexity index is 1000. The standard InChI is InChI=1S/C27H39N5O5/c1-27(2,3)22(25(35)32-15-17-10-7-11-18(17)21(32)26(36)37)31-24(34)20(16-8-5-4-6-9-16)30-23(33)19-14-28-12-13-29-19/h12-14,16-18,20-22H,4-11,15H2,1-3H3,(H,30,33)(H,31,34)(H,36,37)/t17-,18?,20+,21+,22-/m1/s1. The molecule has 0 radical (unpaired) electrons. The maximum absolute atomic E-state index is 13.9. The zero-order valence-electron chi connectivity index (χ0n) is 22.0. The van der Waals surface area contributed by atoms with Crippen LogP contribution in [0.3, 0.4) is 0 Å². The van der Waals surface area contributed by atoms with Crippen LogP contribution in [0.25, 0.3) is 0 Å². The van der Waals surface area contributed by atoms with Gasteiger partial charge in [-0.1, -0.05) is 46.5 Å². The number of aliphatic carboxylic acids is 1. The highest BCUT2D eigenvalue weighted by Crippen LogP contribution is 2.43. The Balaban J connectivity index is 1.56. The van der Waals surface area contributed by atoms with Crippen molar-refractivity contribution < 1.29 is 24.3 Å². The van der Waals surface area contributed by atoms with E-state index in [1.54, 1.807) is 0 Å². The normalized spacial score (nSPS) is 25.7. The molecule has 37 heavy (non-hydrogen) atoms. The van der Waals surface area contributed by atoms with Gasteiger partial charge in [0.25, 0.3) is 5.91 Å². The highest BCUT2D eigenvalue weighted by Gasteiger charge is 2.52. The number of likely N-dealkylation sites (tertiary alicyclic amines) is 1. The lowest BCUT2D eigenvalue weighted by Crippen LogP contribution is -2.61. The van der Waals surface area contributed by atoms with Gasteiger partial charge in [-0.3, -0.25) is 19.4 Å². The van der Waals surface area contributed by atoms with Gasteiger partial charge in [0, 0.05) is 18.9 Å². The van der Waals surface area contributed by atoms with Crippen LogP contribution in [0, 0.1) is 23.2 Å². The van der Waals surface area contributed by atoms with Crippen LogP contribution in [-0.4, -0.2) is 68.3 Å². The summed E-state index contributed by atoms with van der Waals surface area (Å²) >= 11 is 0. The average Bonchev–Trinajstić information content (AvgIpc) is 3.47. The van der Waals surface area contributed by atoms with Crippen molar-refractivity contribution in [1.29, 1.82) is 0 Å². The lowest BCUT2D eigenvalue weighted by molar-refractivity contribution is -0.152. The summed E-state index contributed by atoms with van der Waals surface area (Å²) < 4.78 is 0. The fourth-order valence-electron chi connectivity index (χ4n) is 6.39. The van der Waals surface area contributed by atoms with Crippen molar-refractivity contribution in [3.05, 3.63) is 24.3 Å². The van der Waals surface area contributed by atoms with Crippen molar-refractivity contribution in [3.63, 3.8) is 0 Å². The summed E-state index contributed by atoms with van der Waals surface area (Å²) in [5.74, 6) is -2.20. The van der Waals surface area contributed by atoms with Gasteiger partial charge in [-0.2, -0.15) is 0 Å². The highest BCUT2D eigenvalue weighted by molar-refractivity contribution is 5.97. The van der Waals surface area contributed by atoms with Gasteiger partial charge in [-0.25, -0.2) is 9.78 Å². The van der Waals surface area contributed by atoms with Crippen LogP contribution < -0.4 is 10.6 Å². The molecule has 3 N–H and O–H groups in total. The van der Waals surface area contributed by atoms with Crippen LogP contribution in [0.15, 0.2) is 18.6 Å². The third-order valence-electron chi connectivity index (χ3n) is 8.31. The van der Waals surface area contributed by atoms with Crippen LogP contribution in [0.4, 0.5) is 0 Å². The number of nitrogens with zero attached hydrogens (tertiary/aromatic N) is 3. The molecule has 2 saturated carbocycles. The van der Waals surface area contributed by atoms with Crippen molar-refractivity contribution in [2.45, 2.75) is 90.3 Å². The second-order valence-corrected chi connectivity index (χ2v) is 11.9. The molecular weight excluding hydrogens is 474 g/mol. The summed E-state index contributed by atoms with van der Waals surface area (Å²) in [7, 11) is 0. The third kappa shape index (κ3) is 5.93. The van der Waals surface area contributed by atoms with Gasteiger partial charge >= 0.3 is 5.97 Å². The van der Waals surface area contributed by atoms with E-state index in [4.69, 9.17) is 0 Å². The summed E-state index contributed by atoms with van der Waals surface area (Å²) in [6, 6.07) is -2.63. The Labute approximate surface area is 218 Å². The van der Waals surface area contributed by atoms with Crippen molar-refractivity contribution in [3.8, 4) is 0 Å². The monoisotopic (exact) mass is 513 g/mol. The van der Waals surface area contributed by atoms with E-state index in [1.807, 2.05) is 20.8 Å². The van der Waals surface area contributed by atoms with E-state index >= 15 is 0 Å². The average molecular weight is 514 g/mol. The van der Waals surface area contributed by atoms with Crippen molar-refractivity contribution in [2.24, 2.45) is 23.2 Å². The van der Waals surface area contributed by atoms with E-state index in [2.05, 4.69) is 20.6 Å². The number of rotatable bonds is 7. The second kappa shape index (κ2) is 11.1. The number of hydrogen-bond acceptors (Lipinski definition) is 6. The summed E-state index contributed by atoms with van der Waals surface area (Å²) in [5.41, 5.74) is -0.549. The molecule has 5 atom stereocenters. The summed E-state index contributed by atoms with van der Waals surface area (Å²) in [6.45, 7) is 5.97. The van der Waals surface area contributed by atoms with E-state index in [9.17, 15) is 24.3 Å². The van der Waals surface area contributed by atoms with E-state index in [1.165, 1.54) is 23.5 Å². The van der Waals surface area contributed by atoms with Gasteiger partial charge in [-0.05, 0) is 48.9 Å². The molecule has 0 aromatic carbocycles. The lowest BCUT2D eigenvalue weighted by atomic mass is 9.82. The van der Waals surface area contributed by atoms with E-state index < -0.39 is 41.3 Å². The predicted molar refractivity (Wildman–Crippen MR) is 135 cm³/mol. The van der Waals surface area contributed by atoms with Crippen LogP contribution >= 0.6 is 0 Å². The zero-order chi connectivity index (χ0) is 26.7. The minimum Gasteiger partial charge on any atom is -0.480 e. The van der Waals surface area contributed by atoms with Crippen molar-refractivity contribution >= 4 is 23.7 Å². The van der Waals surface area contributed by atoms with E-state index in [-0.39, 0.29) is 29.4 Å². The van der Waals surface area contributed by atoms with Crippen LogP contribution in [0.5, 0.6) is 0 Å². The molecule has 4 rings (SSSR count). The van der Waals surface area contributed by atoms with Gasteiger partial charge < -0.3 is 20.6 Å². The molecule has 0 spiro atoms. The molecule has 202 valence electrons. The van der Waals surface area contributed by atoms with Gasteiger partial charge in [0.15, 0.2) is 0 Å². The molecule has 0 bridgehead atoms. The topological polar surface area (TPSA) is 142 Å². The highest BCUT2D eigenvalue weighted by atomic mass is 16.4. The molecule has 10 heteroatoms. The lowest BCUT2D eigenvalue weighted by Gasteiger charge is -2.37. The number of hydrogen-bond donors (Lipinski definition) is 3. The molecular formula is C27H39N5O5. The van der Waals surface area contributed by atoms with Crippen LogP contribution in [0.1, 0.15) is 82.6 Å². The minimum atomic E-state index is -0.988. The number of carbonyl (C=O) groups excluding carboxylic acids is 3. The second-order valence-electron chi connectivity index (χ2n) is 11.9. The molecule has 3 fully saturated rings. The van der Waals surface area contributed by atoms with E-state index in [0.29, 0.717) is 6.54 Å². The van der Waals surface area contributed by atoms with Crippen molar-refractivity contribution in [2.75, 3.05) is 6.54 Å². The minimum absolute atomic E-state index is 0.0426. The summed E-state index contributed by atoms with van der Waals surface area (Å²) in [4.78, 5) is 62.2. The van der Waals surface area contributed by atoms with Gasteiger partial charge in [0.2, 0.25) is 11.8 Å². The number of carboxylic acid groups (broad SMARTS) is 1. The number of aromatic nitrogens is 2. The third-order valence-corrected chi connectivity index (χ3v) is 8.31. The number of nitrogens with one attached hydrogen (secondary N) is 2. The molecule has 1 saturated heterocycles. The number of carboxylic acids is 1. The molecule has 1 aliphatic heterocycles. The number of amides is 3. The molecule has 2 aliphatic carbocycles. The smallest absolute Gasteiger partial charge is 0.326 e. The first-order valence-electron chi connectivity index (χ1n) is 13.5. The molecule has 1 unspecified atom stereocenters. The maximum Gasteiger partial charge on any atom is 0.326 e. The first-order chi connectivity index (χ1) is 17.6. The molecule has 3 aliphatic rings. The summed E-state index contributed by atoms with van der Waals surface area (Å²) in [6.07, 6.45) is 11.5. The zero-order valence-corrected chi connectivity index (χ0v) is 22.0. The molecule has 1 aromatic rings. The van der Waals surface area contributed by atoms with Crippen LogP contribution in [0.2, 0.25) is 0 Å². The number of fused-ring (bicyclic) bond motifs is 1.